The van der Waals surface area contributed by atoms with Crippen molar-refractivity contribution in [3.63, 3.8) is 0 Å². The predicted octanol–water partition coefficient (Wildman–Crippen LogP) is 4.90. The molecule has 0 aliphatic heterocycles. The standard InChI is InChI=1S/C22H21N3O3S2/c1-28-17-9-7-14(8-10-17)19-12-30-22(24-19)25-20(26)13-29-18-4-2-3-16(11-18)23-21(27)15-5-6-15/h2-4,7-12,15H,5-6,13H2,1H3,(H,23,27)(H,24,25,26). The Hall–Kier alpha value is -2.84. The van der Waals surface area contributed by atoms with Crippen LogP contribution in [-0.4, -0.2) is 29.7 Å². The maximum Gasteiger partial charge on any atom is 0.236 e. The Morgan fingerprint density at radius 1 is 1.17 bits per heavy atom. The van der Waals surface area contributed by atoms with Crippen LogP contribution in [0.3, 0.4) is 0 Å². The van der Waals surface area contributed by atoms with Crippen molar-refractivity contribution < 1.29 is 14.3 Å². The van der Waals surface area contributed by atoms with Crippen molar-refractivity contribution in [2.24, 2.45) is 5.92 Å². The highest BCUT2D eigenvalue weighted by Gasteiger charge is 2.29. The molecule has 0 atom stereocenters. The van der Waals surface area contributed by atoms with Gasteiger partial charge in [-0.2, -0.15) is 0 Å². The summed E-state index contributed by atoms with van der Waals surface area (Å²) in [6.07, 6.45) is 1.94. The van der Waals surface area contributed by atoms with Crippen LogP contribution in [0.2, 0.25) is 0 Å². The smallest absolute Gasteiger partial charge is 0.236 e. The summed E-state index contributed by atoms with van der Waals surface area (Å²) >= 11 is 2.81. The van der Waals surface area contributed by atoms with Gasteiger partial charge < -0.3 is 15.4 Å². The minimum Gasteiger partial charge on any atom is -0.497 e. The molecule has 1 aliphatic carbocycles. The average Bonchev–Trinajstić information content (AvgIpc) is 3.52. The molecule has 0 spiro atoms. The highest BCUT2D eigenvalue weighted by molar-refractivity contribution is 8.00. The normalized spacial score (nSPS) is 13.0. The van der Waals surface area contributed by atoms with E-state index in [-0.39, 0.29) is 23.5 Å². The second kappa shape index (κ2) is 9.32. The number of anilines is 2. The van der Waals surface area contributed by atoms with Crippen LogP contribution in [0, 0.1) is 5.92 Å². The quantitative estimate of drug-likeness (QED) is 0.488. The highest BCUT2D eigenvalue weighted by atomic mass is 32.2. The van der Waals surface area contributed by atoms with Gasteiger partial charge in [0.05, 0.1) is 18.6 Å². The van der Waals surface area contributed by atoms with E-state index in [1.54, 1.807) is 7.11 Å². The molecule has 4 rings (SSSR count). The Labute approximate surface area is 183 Å². The molecule has 0 saturated heterocycles. The van der Waals surface area contributed by atoms with Gasteiger partial charge in [-0.15, -0.1) is 23.1 Å². The SMILES string of the molecule is COc1ccc(-c2csc(NC(=O)CSc3cccc(NC(=O)C4CC4)c3)n2)cc1. The number of carbonyl (C=O) groups is 2. The van der Waals surface area contributed by atoms with Crippen LogP contribution in [0.1, 0.15) is 12.8 Å². The summed E-state index contributed by atoms with van der Waals surface area (Å²) in [4.78, 5) is 29.6. The maximum atomic E-state index is 12.3. The van der Waals surface area contributed by atoms with Crippen LogP contribution in [-0.2, 0) is 9.59 Å². The van der Waals surface area contributed by atoms with Gasteiger partial charge in [0.25, 0.3) is 0 Å². The van der Waals surface area contributed by atoms with E-state index in [4.69, 9.17) is 4.74 Å². The summed E-state index contributed by atoms with van der Waals surface area (Å²) in [6.45, 7) is 0. The van der Waals surface area contributed by atoms with Gasteiger partial charge in [0.2, 0.25) is 11.8 Å². The fourth-order valence-corrected chi connectivity index (χ4v) is 4.27. The number of hydrogen-bond acceptors (Lipinski definition) is 6. The van der Waals surface area contributed by atoms with Crippen molar-refractivity contribution in [1.29, 1.82) is 0 Å². The molecular formula is C22H21N3O3S2. The number of rotatable bonds is 8. The predicted molar refractivity (Wildman–Crippen MR) is 121 cm³/mol. The molecule has 1 aliphatic rings. The Kier molecular flexibility index (Phi) is 6.35. The molecule has 6 nitrogen and oxygen atoms in total. The van der Waals surface area contributed by atoms with Crippen molar-refractivity contribution in [2.45, 2.75) is 17.7 Å². The van der Waals surface area contributed by atoms with Crippen molar-refractivity contribution in [3.05, 3.63) is 53.9 Å². The monoisotopic (exact) mass is 439 g/mol. The molecule has 1 aromatic heterocycles. The Bertz CT molecular complexity index is 1050. The summed E-state index contributed by atoms with van der Waals surface area (Å²) in [5.41, 5.74) is 2.54. The van der Waals surface area contributed by atoms with Crippen LogP contribution in [0.25, 0.3) is 11.3 Å². The largest absolute Gasteiger partial charge is 0.497 e. The Morgan fingerprint density at radius 2 is 1.97 bits per heavy atom. The van der Waals surface area contributed by atoms with Gasteiger partial charge in [0, 0.05) is 27.4 Å². The van der Waals surface area contributed by atoms with Gasteiger partial charge in [0.1, 0.15) is 5.75 Å². The zero-order valence-electron chi connectivity index (χ0n) is 16.4. The maximum absolute atomic E-state index is 12.3. The molecule has 0 unspecified atom stereocenters. The second-order valence-corrected chi connectivity index (χ2v) is 8.80. The van der Waals surface area contributed by atoms with Crippen LogP contribution in [0.4, 0.5) is 10.8 Å². The number of aromatic nitrogens is 1. The van der Waals surface area contributed by atoms with Crippen molar-refractivity contribution in [2.75, 3.05) is 23.5 Å². The van der Waals surface area contributed by atoms with E-state index in [9.17, 15) is 9.59 Å². The summed E-state index contributed by atoms with van der Waals surface area (Å²) in [5, 5.41) is 8.26. The van der Waals surface area contributed by atoms with Crippen molar-refractivity contribution in [3.8, 4) is 17.0 Å². The summed E-state index contributed by atoms with van der Waals surface area (Å²) in [6, 6.07) is 15.2. The summed E-state index contributed by atoms with van der Waals surface area (Å²) in [5.74, 6) is 1.16. The first-order chi connectivity index (χ1) is 14.6. The van der Waals surface area contributed by atoms with Gasteiger partial charge >= 0.3 is 0 Å². The number of nitrogens with zero attached hydrogens (tertiary/aromatic N) is 1. The lowest BCUT2D eigenvalue weighted by Gasteiger charge is -2.07. The first-order valence-electron chi connectivity index (χ1n) is 9.54. The van der Waals surface area contributed by atoms with Gasteiger partial charge in [-0.3, -0.25) is 9.59 Å². The Balaban J connectivity index is 1.29. The molecule has 0 bridgehead atoms. The lowest BCUT2D eigenvalue weighted by molar-refractivity contribution is -0.117. The highest BCUT2D eigenvalue weighted by Crippen LogP contribution is 2.31. The third-order valence-electron chi connectivity index (χ3n) is 4.56. The van der Waals surface area contributed by atoms with Gasteiger partial charge in [-0.1, -0.05) is 6.07 Å². The molecule has 30 heavy (non-hydrogen) atoms. The fourth-order valence-electron chi connectivity index (χ4n) is 2.78. The first kappa shape index (κ1) is 20.4. The number of thiazole rings is 1. The van der Waals surface area contributed by atoms with Crippen molar-refractivity contribution >= 4 is 45.7 Å². The number of benzene rings is 2. The van der Waals surface area contributed by atoms with Crippen LogP contribution >= 0.6 is 23.1 Å². The molecule has 0 radical (unpaired) electrons. The zero-order chi connectivity index (χ0) is 20.9. The minimum absolute atomic E-state index is 0.0753. The van der Waals surface area contributed by atoms with E-state index >= 15 is 0 Å². The molecule has 3 aromatic rings. The number of ether oxygens (including phenoxy) is 1. The van der Waals surface area contributed by atoms with Crippen molar-refractivity contribution in [1.82, 2.24) is 4.98 Å². The van der Waals surface area contributed by atoms with E-state index in [0.29, 0.717) is 5.13 Å². The van der Waals surface area contributed by atoms with E-state index in [1.165, 1.54) is 23.1 Å². The fraction of sp³-hybridized carbons (Fsp3) is 0.227. The van der Waals surface area contributed by atoms with E-state index in [0.717, 1.165) is 40.4 Å². The summed E-state index contributed by atoms with van der Waals surface area (Å²) in [7, 11) is 1.63. The molecule has 1 heterocycles. The average molecular weight is 440 g/mol. The second-order valence-electron chi connectivity index (χ2n) is 6.89. The number of thioether (sulfide) groups is 1. The van der Waals surface area contributed by atoms with E-state index in [2.05, 4.69) is 15.6 Å². The van der Waals surface area contributed by atoms with Crippen LogP contribution < -0.4 is 15.4 Å². The lowest BCUT2D eigenvalue weighted by Crippen LogP contribution is -2.14. The first-order valence-corrected chi connectivity index (χ1v) is 11.4. The molecular weight excluding hydrogens is 418 g/mol. The minimum atomic E-state index is -0.122. The topological polar surface area (TPSA) is 80.3 Å². The van der Waals surface area contributed by atoms with E-state index < -0.39 is 0 Å². The summed E-state index contributed by atoms with van der Waals surface area (Å²) < 4.78 is 5.17. The van der Waals surface area contributed by atoms with Gasteiger partial charge in [-0.25, -0.2) is 4.98 Å². The van der Waals surface area contributed by atoms with Gasteiger partial charge in [-0.05, 0) is 55.3 Å². The zero-order valence-corrected chi connectivity index (χ0v) is 18.0. The number of amides is 2. The number of methoxy groups -OCH3 is 1. The Morgan fingerprint density at radius 3 is 2.70 bits per heavy atom. The van der Waals surface area contributed by atoms with Gasteiger partial charge in [0.15, 0.2) is 5.13 Å². The number of nitrogens with one attached hydrogen (secondary N) is 2. The molecule has 1 fully saturated rings. The molecule has 2 N–H and O–H groups in total. The van der Waals surface area contributed by atoms with Crippen LogP contribution in [0.15, 0.2) is 58.8 Å². The third-order valence-corrected chi connectivity index (χ3v) is 6.31. The van der Waals surface area contributed by atoms with Crippen LogP contribution in [0.5, 0.6) is 5.75 Å². The third kappa shape index (κ3) is 5.40. The molecule has 8 heteroatoms. The molecule has 2 amide bonds. The number of carbonyl (C=O) groups excluding carboxylic acids is 2. The molecule has 154 valence electrons. The lowest BCUT2D eigenvalue weighted by atomic mass is 10.2. The molecule has 2 aromatic carbocycles. The van der Waals surface area contributed by atoms with E-state index in [1.807, 2.05) is 53.9 Å². The number of hydrogen-bond donors (Lipinski definition) is 2. The molecule has 1 saturated carbocycles.